The average molecular weight is 985 g/mol. The number of esters is 2. The molecule has 10 heteroatoms. The molecular formula is C58H114NO8P. The number of rotatable bonds is 55. The second-order valence-corrected chi connectivity index (χ2v) is 22.8. The van der Waals surface area contributed by atoms with Crippen LogP contribution >= 0.6 is 7.82 Å². The van der Waals surface area contributed by atoms with Gasteiger partial charge in [-0.25, -0.2) is 0 Å². The van der Waals surface area contributed by atoms with Gasteiger partial charge in [-0.15, -0.1) is 0 Å². The van der Waals surface area contributed by atoms with E-state index in [2.05, 4.69) is 26.0 Å². The number of likely N-dealkylation sites (N-methyl/N-ethyl adjacent to an activating group) is 1. The molecule has 0 aliphatic carbocycles. The summed E-state index contributed by atoms with van der Waals surface area (Å²) in [6.45, 7) is 4.30. The number of nitrogens with zero attached hydrogens (tertiary/aromatic N) is 1. The summed E-state index contributed by atoms with van der Waals surface area (Å²) in [4.78, 5) is 37.9. The fraction of sp³-hybridized carbons (Fsp3) is 0.931. The van der Waals surface area contributed by atoms with E-state index in [1.807, 2.05) is 21.1 Å². The third kappa shape index (κ3) is 54.1. The minimum Gasteiger partial charge on any atom is -0.756 e. The van der Waals surface area contributed by atoms with Gasteiger partial charge in [-0.2, -0.15) is 0 Å². The summed E-state index contributed by atoms with van der Waals surface area (Å²) in [5.41, 5.74) is 0. The van der Waals surface area contributed by atoms with Crippen LogP contribution in [0.3, 0.4) is 0 Å². The molecule has 0 aliphatic heterocycles. The van der Waals surface area contributed by atoms with E-state index in [9.17, 15) is 19.0 Å². The SMILES string of the molecule is CCCCCCCC/C=C/CCCCCCCCCCCCCC(=O)OC[C@H](COP(=O)([O-])OCC[N+](C)(C)C)OC(=O)CCCCCCCCCCCCCCCCCCCCCCCCC. The van der Waals surface area contributed by atoms with Crippen LogP contribution in [-0.4, -0.2) is 70.0 Å². The molecule has 0 saturated heterocycles. The lowest BCUT2D eigenvalue weighted by atomic mass is 10.0. The lowest BCUT2D eigenvalue weighted by Gasteiger charge is -2.28. The van der Waals surface area contributed by atoms with E-state index in [1.165, 1.54) is 231 Å². The van der Waals surface area contributed by atoms with Gasteiger partial charge in [0.25, 0.3) is 7.82 Å². The van der Waals surface area contributed by atoms with Gasteiger partial charge in [0, 0.05) is 12.8 Å². The van der Waals surface area contributed by atoms with Crippen molar-refractivity contribution in [3.63, 3.8) is 0 Å². The molecule has 2 atom stereocenters. The van der Waals surface area contributed by atoms with Crippen molar-refractivity contribution in [1.29, 1.82) is 0 Å². The Morgan fingerprint density at radius 3 is 1.09 bits per heavy atom. The first-order chi connectivity index (χ1) is 33.0. The molecule has 0 aromatic rings. The maximum atomic E-state index is 12.8. The van der Waals surface area contributed by atoms with Gasteiger partial charge in [0.15, 0.2) is 6.10 Å². The predicted molar refractivity (Wildman–Crippen MR) is 287 cm³/mol. The molecule has 404 valence electrons. The van der Waals surface area contributed by atoms with Crippen molar-refractivity contribution in [3.8, 4) is 0 Å². The molecular weight excluding hydrogens is 870 g/mol. The highest BCUT2D eigenvalue weighted by Crippen LogP contribution is 2.38. The highest BCUT2D eigenvalue weighted by Gasteiger charge is 2.22. The Balaban J connectivity index is 4.12. The Labute approximate surface area is 422 Å². The highest BCUT2D eigenvalue weighted by atomic mass is 31.2. The molecule has 9 nitrogen and oxygen atoms in total. The molecule has 0 rings (SSSR count). The van der Waals surface area contributed by atoms with Gasteiger partial charge in [-0.3, -0.25) is 14.2 Å². The van der Waals surface area contributed by atoms with Crippen molar-refractivity contribution in [2.45, 2.75) is 302 Å². The van der Waals surface area contributed by atoms with Gasteiger partial charge >= 0.3 is 11.9 Å². The first-order valence-electron chi connectivity index (χ1n) is 29.4. The predicted octanol–water partition coefficient (Wildman–Crippen LogP) is 17.4. The minimum absolute atomic E-state index is 0.0268. The van der Waals surface area contributed by atoms with Crippen LogP contribution < -0.4 is 4.89 Å². The first kappa shape index (κ1) is 66.8. The molecule has 0 aromatic heterocycles. The molecule has 0 aromatic carbocycles. The summed E-state index contributed by atoms with van der Waals surface area (Å²) < 4.78 is 34.2. The molecule has 68 heavy (non-hydrogen) atoms. The van der Waals surface area contributed by atoms with E-state index in [-0.39, 0.29) is 32.0 Å². The van der Waals surface area contributed by atoms with E-state index in [1.54, 1.807) is 0 Å². The van der Waals surface area contributed by atoms with Crippen LogP contribution in [0.1, 0.15) is 296 Å². The monoisotopic (exact) mass is 984 g/mol. The standard InChI is InChI=1S/C58H114NO8P/c1-6-8-10-12-14-16-18-20-22-24-26-28-29-31-33-35-37-39-41-43-45-47-49-51-58(61)67-56(55-66-68(62,63)65-53-52-59(3,4)5)54-64-57(60)50-48-46-44-42-40-38-36-34-32-30-27-25-23-21-19-17-15-13-11-9-7-2/h21,23,56H,6-20,22,24-55H2,1-5H3/b23-21+/t56-/m1/s1. The zero-order valence-corrected chi connectivity index (χ0v) is 46.7. The average Bonchev–Trinajstić information content (AvgIpc) is 3.30. The van der Waals surface area contributed by atoms with Crippen molar-refractivity contribution in [1.82, 2.24) is 0 Å². The fourth-order valence-corrected chi connectivity index (χ4v) is 9.44. The topological polar surface area (TPSA) is 111 Å². The van der Waals surface area contributed by atoms with Crippen LogP contribution in [0.15, 0.2) is 12.2 Å². The zero-order valence-electron chi connectivity index (χ0n) is 45.8. The summed E-state index contributed by atoms with van der Waals surface area (Å²) in [7, 11) is 1.18. The minimum atomic E-state index is -4.63. The number of hydrogen-bond donors (Lipinski definition) is 0. The molecule has 0 saturated carbocycles. The van der Waals surface area contributed by atoms with Gasteiger partial charge in [0.2, 0.25) is 0 Å². The lowest BCUT2D eigenvalue weighted by Crippen LogP contribution is -2.37. The summed E-state index contributed by atoms with van der Waals surface area (Å²) >= 11 is 0. The molecule has 0 radical (unpaired) electrons. The van der Waals surface area contributed by atoms with Crippen LogP contribution in [0, 0.1) is 0 Å². The molecule has 1 unspecified atom stereocenters. The van der Waals surface area contributed by atoms with Gasteiger partial charge < -0.3 is 27.9 Å². The van der Waals surface area contributed by atoms with Gasteiger partial charge in [0.1, 0.15) is 19.8 Å². The maximum absolute atomic E-state index is 12.8. The molecule has 0 bridgehead atoms. The zero-order chi connectivity index (χ0) is 49.9. The van der Waals surface area contributed by atoms with E-state index < -0.39 is 26.5 Å². The number of ether oxygens (including phenoxy) is 2. The number of carbonyl (C=O) groups excluding carboxylic acids is 2. The van der Waals surface area contributed by atoms with Crippen LogP contribution in [0.2, 0.25) is 0 Å². The lowest BCUT2D eigenvalue weighted by molar-refractivity contribution is -0.870. The largest absolute Gasteiger partial charge is 0.756 e. The summed E-state index contributed by atoms with van der Waals surface area (Å²) in [6, 6.07) is 0. The first-order valence-corrected chi connectivity index (χ1v) is 30.9. The second kappa shape index (κ2) is 50.7. The normalized spacial score (nSPS) is 13.3. The Kier molecular flexibility index (Phi) is 49.8. The summed E-state index contributed by atoms with van der Waals surface area (Å²) in [5.74, 6) is -0.815. The molecule has 0 amide bonds. The smallest absolute Gasteiger partial charge is 0.306 e. The number of hydrogen-bond acceptors (Lipinski definition) is 8. The molecule has 0 heterocycles. The number of carbonyl (C=O) groups is 2. The number of quaternary nitrogens is 1. The number of phosphoric acid groups is 1. The van der Waals surface area contributed by atoms with E-state index in [4.69, 9.17) is 18.5 Å². The van der Waals surface area contributed by atoms with Crippen LogP contribution in [0.4, 0.5) is 0 Å². The Morgan fingerprint density at radius 2 is 0.750 bits per heavy atom. The van der Waals surface area contributed by atoms with E-state index >= 15 is 0 Å². The Bertz CT molecular complexity index is 1160. The molecule has 0 fully saturated rings. The highest BCUT2D eigenvalue weighted by molar-refractivity contribution is 7.45. The van der Waals surface area contributed by atoms with Crippen molar-refractivity contribution in [3.05, 3.63) is 12.2 Å². The van der Waals surface area contributed by atoms with Gasteiger partial charge in [-0.1, -0.05) is 257 Å². The second-order valence-electron chi connectivity index (χ2n) is 21.4. The van der Waals surface area contributed by atoms with E-state index in [0.29, 0.717) is 17.4 Å². The molecule has 0 N–H and O–H groups in total. The van der Waals surface area contributed by atoms with Crippen molar-refractivity contribution in [2.24, 2.45) is 0 Å². The van der Waals surface area contributed by atoms with Crippen molar-refractivity contribution in [2.75, 3.05) is 47.5 Å². The summed E-state index contributed by atoms with van der Waals surface area (Å²) in [6.07, 6.45) is 58.3. The third-order valence-corrected chi connectivity index (χ3v) is 14.2. The summed E-state index contributed by atoms with van der Waals surface area (Å²) in [5, 5.41) is 0. The maximum Gasteiger partial charge on any atom is 0.306 e. The van der Waals surface area contributed by atoms with Crippen LogP contribution in [0.25, 0.3) is 0 Å². The van der Waals surface area contributed by atoms with E-state index in [0.717, 1.165) is 32.1 Å². The Hall–Kier alpha value is -1.25. The number of phosphoric ester groups is 1. The van der Waals surface area contributed by atoms with Crippen LogP contribution in [0.5, 0.6) is 0 Å². The molecule has 0 aliphatic rings. The third-order valence-electron chi connectivity index (χ3n) is 13.3. The number of unbranched alkanes of at least 4 members (excludes halogenated alkanes) is 39. The Morgan fingerprint density at radius 1 is 0.441 bits per heavy atom. The molecule has 0 spiro atoms. The van der Waals surface area contributed by atoms with Gasteiger partial charge in [-0.05, 0) is 38.5 Å². The van der Waals surface area contributed by atoms with Crippen molar-refractivity contribution < 1.29 is 42.1 Å². The number of allylic oxidation sites excluding steroid dienone is 2. The quantitative estimate of drug-likeness (QED) is 0.0195. The van der Waals surface area contributed by atoms with Gasteiger partial charge in [0.05, 0.1) is 27.7 Å². The van der Waals surface area contributed by atoms with Crippen molar-refractivity contribution >= 4 is 19.8 Å². The van der Waals surface area contributed by atoms with Crippen LogP contribution in [-0.2, 0) is 32.7 Å². The fourth-order valence-electron chi connectivity index (χ4n) is 8.71.